The molecule has 0 N–H and O–H groups in total. The summed E-state index contributed by atoms with van der Waals surface area (Å²) in [5, 5.41) is 1.49. The first-order valence-electron chi connectivity index (χ1n) is 9.97. The van der Waals surface area contributed by atoms with E-state index in [-0.39, 0.29) is 17.9 Å². The number of aromatic nitrogens is 4. The number of hydrogen-bond acceptors (Lipinski definition) is 7. The Hall–Kier alpha value is -2.85. The second-order valence-corrected chi connectivity index (χ2v) is 9.22. The number of nitrogens with zero attached hydrogens (tertiary/aromatic N) is 6. The van der Waals surface area contributed by atoms with Crippen LogP contribution in [0.25, 0.3) is 21.3 Å². The highest BCUT2D eigenvalue weighted by atomic mass is 79.9. The molecule has 3 aromatic heterocycles. The van der Waals surface area contributed by atoms with Gasteiger partial charge in [-0.05, 0) is 30.3 Å². The maximum atomic E-state index is 12.7. The zero-order valence-corrected chi connectivity index (χ0v) is 19.0. The van der Waals surface area contributed by atoms with Gasteiger partial charge in [-0.15, -0.1) is 0 Å². The van der Waals surface area contributed by atoms with Gasteiger partial charge in [0.05, 0.1) is 17.2 Å². The summed E-state index contributed by atoms with van der Waals surface area (Å²) in [6, 6.07) is 9.27. The zero-order valence-electron chi connectivity index (χ0n) is 16.6. The van der Waals surface area contributed by atoms with Crippen molar-refractivity contribution in [3.05, 3.63) is 57.7 Å². The Kier molecular flexibility index (Phi) is 5.41. The number of halogens is 1. The van der Waals surface area contributed by atoms with Crippen molar-refractivity contribution < 1.29 is 4.79 Å². The quantitative estimate of drug-likeness (QED) is 0.430. The molecule has 1 saturated heterocycles. The lowest BCUT2D eigenvalue weighted by Crippen LogP contribution is -2.49. The number of carbonyl (C=O) groups excluding carboxylic acids is 1. The average molecular weight is 499 g/mol. The van der Waals surface area contributed by atoms with Crippen molar-refractivity contribution in [1.82, 2.24) is 24.4 Å². The molecule has 4 heterocycles. The van der Waals surface area contributed by atoms with Crippen LogP contribution in [0.2, 0.25) is 0 Å². The Morgan fingerprint density at radius 1 is 1.10 bits per heavy atom. The Labute approximate surface area is 190 Å². The monoisotopic (exact) mass is 498 g/mol. The van der Waals surface area contributed by atoms with Crippen LogP contribution in [0.1, 0.15) is 6.42 Å². The third-order valence-electron chi connectivity index (χ3n) is 5.41. The highest BCUT2D eigenvalue weighted by Gasteiger charge is 2.23. The van der Waals surface area contributed by atoms with Gasteiger partial charge in [-0.2, -0.15) is 0 Å². The molecule has 0 unspecified atom stereocenters. The van der Waals surface area contributed by atoms with Gasteiger partial charge in [-0.1, -0.05) is 27.3 Å². The molecular weight excluding hydrogens is 480 g/mol. The van der Waals surface area contributed by atoms with Gasteiger partial charge in [0.1, 0.15) is 10.3 Å². The molecule has 4 aromatic rings. The van der Waals surface area contributed by atoms with Gasteiger partial charge in [0.2, 0.25) is 5.91 Å². The number of piperazine rings is 1. The largest absolute Gasteiger partial charge is 0.344 e. The van der Waals surface area contributed by atoms with Crippen molar-refractivity contribution >= 4 is 59.6 Å². The Balaban J connectivity index is 1.21. The van der Waals surface area contributed by atoms with Gasteiger partial charge in [0.25, 0.3) is 5.56 Å². The van der Waals surface area contributed by atoms with E-state index in [4.69, 9.17) is 0 Å². The van der Waals surface area contributed by atoms with Crippen molar-refractivity contribution in [2.45, 2.75) is 13.0 Å². The molecule has 0 bridgehead atoms. The molecule has 1 aromatic carbocycles. The topological polar surface area (TPSA) is 84.2 Å². The molecule has 5 rings (SSSR count). The summed E-state index contributed by atoms with van der Waals surface area (Å²) in [6.07, 6.45) is 3.56. The smallest absolute Gasteiger partial charge is 0.261 e. The lowest BCUT2D eigenvalue weighted by atomic mass is 10.2. The third kappa shape index (κ3) is 4.05. The predicted octanol–water partition coefficient (Wildman–Crippen LogP) is 2.90. The number of amides is 1. The SMILES string of the molecule is O=C(CCn1cnc2ccc(Br)cc2c1=O)N1CCN(c2nc3cccnc3s2)CC1. The summed E-state index contributed by atoms with van der Waals surface area (Å²) in [5.74, 6) is 0.0480. The van der Waals surface area contributed by atoms with E-state index in [1.165, 1.54) is 10.9 Å². The first kappa shape index (κ1) is 20.1. The maximum Gasteiger partial charge on any atom is 0.261 e. The van der Waals surface area contributed by atoms with Crippen LogP contribution in [0, 0.1) is 0 Å². The molecule has 158 valence electrons. The van der Waals surface area contributed by atoms with Crippen molar-refractivity contribution in [3.63, 3.8) is 0 Å². The van der Waals surface area contributed by atoms with Gasteiger partial charge < -0.3 is 9.80 Å². The molecule has 1 fully saturated rings. The van der Waals surface area contributed by atoms with Crippen LogP contribution in [0.15, 0.2) is 52.1 Å². The van der Waals surface area contributed by atoms with Gasteiger partial charge in [-0.3, -0.25) is 14.2 Å². The van der Waals surface area contributed by atoms with Gasteiger partial charge in [0, 0.05) is 49.8 Å². The lowest BCUT2D eigenvalue weighted by Gasteiger charge is -2.34. The summed E-state index contributed by atoms with van der Waals surface area (Å²) < 4.78 is 2.34. The van der Waals surface area contributed by atoms with Crippen molar-refractivity contribution in [3.8, 4) is 0 Å². The minimum Gasteiger partial charge on any atom is -0.344 e. The fraction of sp³-hybridized carbons (Fsp3) is 0.286. The van der Waals surface area contributed by atoms with E-state index in [1.54, 1.807) is 29.7 Å². The van der Waals surface area contributed by atoms with E-state index in [2.05, 4.69) is 35.8 Å². The number of hydrogen-bond donors (Lipinski definition) is 0. The van der Waals surface area contributed by atoms with E-state index in [9.17, 15) is 9.59 Å². The van der Waals surface area contributed by atoms with Crippen molar-refractivity contribution in [1.29, 1.82) is 0 Å². The second kappa shape index (κ2) is 8.35. The molecule has 1 amide bonds. The number of aryl methyl sites for hydroxylation is 1. The Morgan fingerprint density at radius 3 is 2.74 bits per heavy atom. The van der Waals surface area contributed by atoms with E-state index in [1.807, 2.05) is 23.1 Å². The molecule has 0 spiro atoms. The van der Waals surface area contributed by atoms with Crippen LogP contribution in [-0.4, -0.2) is 56.5 Å². The van der Waals surface area contributed by atoms with E-state index < -0.39 is 0 Å². The van der Waals surface area contributed by atoms with E-state index in [0.717, 1.165) is 33.0 Å². The lowest BCUT2D eigenvalue weighted by molar-refractivity contribution is -0.131. The van der Waals surface area contributed by atoms with Crippen molar-refractivity contribution in [2.75, 3.05) is 31.1 Å². The standard InChI is InChI=1S/C21H19BrN6O2S/c22-14-3-4-16-15(12-14)20(30)28(13-24-16)7-5-18(29)26-8-10-27(11-9-26)21-25-17-2-1-6-23-19(17)31-21/h1-4,6,12-13H,5,7-11H2. The van der Waals surface area contributed by atoms with E-state index in [0.29, 0.717) is 30.5 Å². The molecule has 1 aliphatic heterocycles. The predicted molar refractivity (Wildman–Crippen MR) is 125 cm³/mol. The van der Waals surface area contributed by atoms with Crippen LogP contribution in [0.4, 0.5) is 5.13 Å². The van der Waals surface area contributed by atoms with Crippen LogP contribution in [0.5, 0.6) is 0 Å². The summed E-state index contributed by atoms with van der Waals surface area (Å²) >= 11 is 4.97. The summed E-state index contributed by atoms with van der Waals surface area (Å²) in [7, 11) is 0. The molecule has 0 aliphatic carbocycles. The van der Waals surface area contributed by atoms with E-state index >= 15 is 0 Å². The molecule has 0 radical (unpaired) electrons. The molecule has 8 nitrogen and oxygen atoms in total. The average Bonchev–Trinajstić information content (AvgIpc) is 3.23. The minimum absolute atomic E-state index is 0.0480. The van der Waals surface area contributed by atoms with Crippen LogP contribution in [0.3, 0.4) is 0 Å². The number of anilines is 1. The molecule has 31 heavy (non-hydrogen) atoms. The Bertz CT molecular complexity index is 1300. The number of benzene rings is 1. The minimum atomic E-state index is -0.131. The maximum absolute atomic E-state index is 12.7. The molecule has 10 heteroatoms. The third-order valence-corrected chi connectivity index (χ3v) is 6.94. The van der Waals surface area contributed by atoms with Crippen LogP contribution >= 0.6 is 27.3 Å². The van der Waals surface area contributed by atoms with Crippen molar-refractivity contribution in [2.24, 2.45) is 0 Å². The first-order valence-corrected chi connectivity index (χ1v) is 11.6. The Morgan fingerprint density at radius 2 is 1.94 bits per heavy atom. The highest BCUT2D eigenvalue weighted by molar-refractivity contribution is 9.10. The summed E-state index contributed by atoms with van der Waals surface area (Å²) in [4.78, 5) is 43.8. The first-order chi connectivity index (χ1) is 15.1. The normalized spacial score (nSPS) is 14.5. The fourth-order valence-corrected chi connectivity index (χ4v) is 5.03. The fourth-order valence-electron chi connectivity index (χ4n) is 3.71. The van der Waals surface area contributed by atoms with Gasteiger partial charge in [-0.25, -0.2) is 15.0 Å². The number of thiazole rings is 1. The number of pyridine rings is 1. The number of rotatable bonds is 4. The second-order valence-electron chi connectivity index (χ2n) is 7.35. The summed E-state index contributed by atoms with van der Waals surface area (Å²) in [5.41, 5.74) is 1.42. The zero-order chi connectivity index (χ0) is 21.4. The van der Waals surface area contributed by atoms with Crippen LogP contribution < -0.4 is 10.5 Å². The number of fused-ring (bicyclic) bond motifs is 2. The molecule has 0 saturated carbocycles. The van der Waals surface area contributed by atoms with Gasteiger partial charge in [0.15, 0.2) is 5.13 Å². The molecular formula is C21H19BrN6O2S. The highest BCUT2D eigenvalue weighted by Crippen LogP contribution is 2.27. The molecule has 0 atom stereocenters. The summed E-state index contributed by atoms with van der Waals surface area (Å²) in [6.45, 7) is 3.06. The van der Waals surface area contributed by atoms with Gasteiger partial charge >= 0.3 is 0 Å². The molecule has 1 aliphatic rings. The number of carbonyl (C=O) groups is 1. The van der Waals surface area contributed by atoms with Crippen LogP contribution in [-0.2, 0) is 11.3 Å².